The number of aromatic amines is 1. The third kappa shape index (κ3) is 4.68. The third-order valence-corrected chi connectivity index (χ3v) is 2.17. The van der Waals surface area contributed by atoms with Crippen LogP contribution in [-0.2, 0) is 22.1 Å². The van der Waals surface area contributed by atoms with Crippen LogP contribution in [0.5, 0.6) is 5.88 Å². The molecule has 0 spiro atoms. The molecule has 0 fully saturated rings. The van der Waals surface area contributed by atoms with Crippen molar-refractivity contribution in [2.24, 2.45) is 0 Å². The van der Waals surface area contributed by atoms with Crippen molar-refractivity contribution >= 4 is 5.97 Å². The maximum Gasteiger partial charge on any atom is 0.574 e. The van der Waals surface area contributed by atoms with E-state index in [1.54, 1.807) is 0 Å². The zero-order valence-corrected chi connectivity index (χ0v) is 10.2. The third-order valence-electron chi connectivity index (χ3n) is 2.17. The number of esters is 1. The van der Waals surface area contributed by atoms with E-state index in [0.29, 0.717) is 0 Å². The fraction of sp³-hybridized carbons (Fsp3) is 0.400. The number of aromatic nitrogens is 1. The van der Waals surface area contributed by atoms with Crippen LogP contribution >= 0.6 is 0 Å². The lowest BCUT2D eigenvalue weighted by atomic mass is 10.1. The molecule has 0 amide bonds. The van der Waals surface area contributed by atoms with E-state index in [1.165, 1.54) is 4.98 Å². The quantitative estimate of drug-likeness (QED) is 0.683. The van der Waals surface area contributed by atoms with Gasteiger partial charge in [0.15, 0.2) is 5.43 Å². The normalized spacial score (nSPS) is 12.1. The molecule has 0 radical (unpaired) electrons. The molecule has 0 aliphatic carbocycles. The molecule has 1 N–H and O–H groups in total. The van der Waals surface area contributed by atoms with Gasteiger partial charge in [-0.2, -0.15) is 13.2 Å². The van der Waals surface area contributed by atoms with Crippen LogP contribution in [0.3, 0.4) is 0 Å². The van der Waals surface area contributed by atoms with Gasteiger partial charge in [0, 0.05) is 11.6 Å². The van der Waals surface area contributed by atoms with Crippen molar-refractivity contribution in [2.75, 3.05) is 7.11 Å². The number of pyridine rings is 1. The highest BCUT2D eigenvalue weighted by molar-refractivity contribution is 5.72. The lowest BCUT2D eigenvalue weighted by molar-refractivity contribution is -0.276. The van der Waals surface area contributed by atoms with E-state index in [9.17, 15) is 35.9 Å². The predicted molar refractivity (Wildman–Crippen MR) is 54.5 cm³/mol. The van der Waals surface area contributed by atoms with Crippen molar-refractivity contribution in [3.8, 4) is 5.88 Å². The summed E-state index contributed by atoms with van der Waals surface area (Å²) in [6, 6.07) is 0.168. The van der Waals surface area contributed by atoms with E-state index in [0.717, 1.165) is 7.11 Å². The summed E-state index contributed by atoms with van der Waals surface area (Å²) in [5, 5.41) is 0. The number of hydrogen-bond donors (Lipinski definition) is 1. The lowest BCUT2D eigenvalue weighted by Crippen LogP contribution is -2.26. The molecule has 1 heterocycles. The Balaban J connectivity index is 3.38. The number of rotatable bonds is 3. The van der Waals surface area contributed by atoms with Crippen LogP contribution in [0.4, 0.5) is 26.3 Å². The first-order chi connectivity index (χ1) is 9.44. The number of halogens is 6. The van der Waals surface area contributed by atoms with E-state index in [4.69, 9.17) is 0 Å². The van der Waals surface area contributed by atoms with Crippen molar-refractivity contribution in [3.63, 3.8) is 0 Å². The molecular formula is C10H7F6NO4. The molecule has 1 aromatic rings. The number of methoxy groups -OCH3 is 1. The summed E-state index contributed by atoms with van der Waals surface area (Å²) in [5.41, 5.74) is -4.31. The van der Waals surface area contributed by atoms with Crippen molar-refractivity contribution in [2.45, 2.75) is 19.0 Å². The zero-order valence-electron chi connectivity index (χ0n) is 10.2. The Bertz CT molecular complexity index is 589. The summed E-state index contributed by atoms with van der Waals surface area (Å²) in [6.07, 6.45) is -11.5. The SMILES string of the molecule is COC(=O)Cc1c(C(F)(F)F)[nH]c(OC(F)(F)F)cc1=O. The van der Waals surface area contributed by atoms with Gasteiger partial charge >= 0.3 is 18.5 Å². The van der Waals surface area contributed by atoms with Crippen molar-refractivity contribution < 1.29 is 40.6 Å². The predicted octanol–water partition coefficient (Wildman–Crippen LogP) is 2.01. The minimum absolute atomic E-state index is 0.168. The molecule has 0 saturated carbocycles. The summed E-state index contributed by atoms with van der Waals surface area (Å²) in [4.78, 5) is 23.7. The first kappa shape index (κ1) is 16.9. The Labute approximate surface area is 112 Å². The Hall–Kier alpha value is -2.20. The molecule has 5 nitrogen and oxygen atoms in total. The van der Waals surface area contributed by atoms with Crippen LogP contribution in [0.2, 0.25) is 0 Å². The Morgan fingerprint density at radius 3 is 2.24 bits per heavy atom. The average molecular weight is 319 g/mol. The minimum atomic E-state index is -5.28. The van der Waals surface area contributed by atoms with Crippen LogP contribution in [0, 0.1) is 0 Å². The molecular weight excluding hydrogens is 312 g/mol. The fourth-order valence-corrected chi connectivity index (χ4v) is 1.38. The van der Waals surface area contributed by atoms with E-state index in [2.05, 4.69) is 9.47 Å². The van der Waals surface area contributed by atoms with Gasteiger partial charge in [-0.15, -0.1) is 13.2 Å². The highest BCUT2D eigenvalue weighted by atomic mass is 19.4. The van der Waals surface area contributed by atoms with Gasteiger partial charge < -0.3 is 14.5 Å². The fourth-order valence-electron chi connectivity index (χ4n) is 1.38. The molecule has 0 bridgehead atoms. The second-order valence-corrected chi connectivity index (χ2v) is 3.65. The first-order valence-electron chi connectivity index (χ1n) is 5.10. The van der Waals surface area contributed by atoms with Gasteiger partial charge in [-0.05, 0) is 0 Å². The van der Waals surface area contributed by atoms with Crippen LogP contribution in [0.15, 0.2) is 10.9 Å². The number of alkyl halides is 6. The van der Waals surface area contributed by atoms with Gasteiger partial charge in [-0.3, -0.25) is 9.59 Å². The van der Waals surface area contributed by atoms with Crippen molar-refractivity contribution in [1.29, 1.82) is 0 Å². The number of H-pyrrole nitrogens is 1. The van der Waals surface area contributed by atoms with Crippen LogP contribution in [-0.4, -0.2) is 24.4 Å². The molecule has 0 unspecified atom stereocenters. The molecule has 0 aromatic carbocycles. The monoisotopic (exact) mass is 319 g/mol. The molecule has 1 rings (SSSR count). The Kier molecular flexibility index (Phi) is 4.54. The number of hydrogen-bond acceptors (Lipinski definition) is 4. The van der Waals surface area contributed by atoms with Crippen LogP contribution in [0.1, 0.15) is 11.3 Å². The maximum atomic E-state index is 12.7. The number of carbonyl (C=O) groups excluding carboxylic acids is 1. The lowest BCUT2D eigenvalue weighted by Gasteiger charge is -2.15. The highest BCUT2D eigenvalue weighted by Crippen LogP contribution is 2.31. The summed E-state index contributed by atoms with van der Waals surface area (Å²) in [6.45, 7) is 0. The summed E-state index contributed by atoms with van der Waals surface area (Å²) < 4.78 is 81.5. The van der Waals surface area contributed by atoms with E-state index < -0.39 is 47.5 Å². The summed E-state index contributed by atoms with van der Waals surface area (Å²) in [7, 11) is 0.880. The summed E-state index contributed by atoms with van der Waals surface area (Å²) >= 11 is 0. The topological polar surface area (TPSA) is 68.4 Å². The average Bonchev–Trinajstić information content (AvgIpc) is 2.28. The zero-order chi connectivity index (χ0) is 16.4. The van der Waals surface area contributed by atoms with E-state index >= 15 is 0 Å². The standard InChI is InChI=1S/C10H7F6NO4/c1-20-7(19)2-4-5(18)3-6(21-10(14,15)16)17-8(4)9(11,12)13/h3H,2H2,1H3,(H,17,18). The smallest absolute Gasteiger partial charge is 0.469 e. The van der Waals surface area contributed by atoms with Crippen LogP contribution < -0.4 is 10.2 Å². The molecule has 1 aromatic heterocycles. The molecule has 0 aliphatic heterocycles. The molecule has 21 heavy (non-hydrogen) atoms. The summed E-state index contributed by atoms with van der Waals surface area (Å²) in [5.74, 6) is -2.59. The number of carbonyl (C=O) groups is 1. The highest BCUT2D eigenvalue weighted by Gasteiger charge is 2.38. The molecule has 118 valence electrons. The molecule has 0 atom stereocenters. The van der Waals surface area contributed by atoms with Gasteiger partial charge in [0.1, 0.15) is 5.69 Å². The van der Waals surface area contributed by atoms with Gasteiger partial charge in [0.25, 0.3) is 0 Å². The number of ether oxygens (including phenoxy) is 2. The second-order valence-electron chi connectivity index (χ2n) is 3.65. The second kappa shape index (κ2) is 5.66. The van der Waals surface area contributed by atoms with Gasteiger partial charge in [0.2, 0.25) is 5.88 Å². The Morgan fingerprint density at radius 2 is 1.81 bits per heavy atom. The molecule has 11 heteroatoms. The number of nitrogens with one attached hydrogen (secondary N) is 1. The van der Waals surface area contributed by atoms with Crippen molar-refractivity contribution in [1.82, 2.24) is 4.98 Å². The minimum Gasteiger partial charge on any atom is -0.469 e. The van der Waals surface area contributed by atoms with Crippen LogP contribution in [0.25, 0.3) is 0 Å². The first-order valence-corrected chi connectivity index (χ1v) is 5.10. The van der Waals surface area contributed by atoms with E-state index in [-0.39, 0.29) is 6.07 Å². The van der Waals surface area contributed by atoms with E-state index in [1.807, 2.05) is 0 Å². The van der Waals surface area contributed by atoms with Gasteiger partial charge in [-0.25, -0.2) is 0 Å². The van der Waals surface area contributed by atoms with Gasteiger partial charge in [0.05, 0.1) is 13.5 Å². The van der Waals surface area contributed by atoms with Crippen molar-refractivity contribution in [3.05, 3.63) is 27.5 Å². The largest absolute Gasteiger partial charge is 0.574 e. The maximum absolute atomic E-state index is 12.7. The molecule has 0 saturated heterocycles. The van der Waals surface area contributed by atoms with Gasteiger partial charge in [-0.1, -0.05) is 0 Å². The Morgan fingerprint density at radius 1 is 1.24 bits per heavy atom. The molecule has 0 aliphatic rings.